The molecule has 1 N–H and O–H groups in total. The fourth-order valence-corrected chi connectivity index (χ4v) is 5.62. The Morgan fingerprint density at radius 3 is 2.50 bits per heavy atom. The fraction of sp³-hybridized carbons (Fsp3) is 0.263. The normalized spacial score (nSPS) is 16.6. The molecule has 1 aromatic heterocycles. The Labute approximate surface area is 172 Å². The van der Waals surface area contributed by atoms with E-state index < -0.39 is 27.1 Å². The van der Waals surface area contributed by atoms with Crippen LogP contribution in [0.1, 0.15) is 24.8 Å². The molecule has 0 aliphatic heterocycles. The van der Waals surface area contributed by atoms with Crippen LogP contribution in [0.2, 0.25) is 5.02 Å². The van der Waals surface area contributed by atoms with Crippen molar-refractivity contribution in [2.75, 3.05) is 13.4 Å². The van der Waals surface area contributed by atoms with E-state index in [1.807, 2.05) is 0 Å². The Kier molecular flexibility index (Phi) is 5.92. The van der Waals surface area contributed by atoms with Crippen molar-refractivity contribution in [3.05, 3.63) is 45.8 Å². The zero-order valence-electron chi connectivity index (χ0n) is 15.2. The topological polar surface area (TPSA) is 93.0 Å². The first-order valence-corrected chi connectivity index (χ1v) is 11.6. The third kappa shape index (κ3) is 3.85. The van der Waals surface area contributed by atoms with Crippen molar-refractivity contribution in [3.8, 4) is 5.75 Å². The second-order valence-corrected chi connectivity index (χ2v) is 10.0. The lowest BCUT2D eigenvalue weighted by Gasteiger charge is -2.16. The number of hydrogen-bond donors (Lipinski definition) is 1. The second-order valence-electron chi connectivity index (χ2n) is 6.23. The molecule has 3 rings (SSSR count). The number of nitrogens with zero attached hydrogens (tertiary/aromatic N) is 1. The van der Waals surface area contributed by atoms with Gasteiger partial charge < -0.3 is 9.84 Å². The SMILES string of the molecule is COc1ccc(C(O)=C2C(=O)CCCC2=O)c(Cl)c1N=S(C)(=O)c1cccs1. The van der Waals surface area contributed by atoms with Gasteiger partial charge in [-0.3, -0.25) is 9.59 Å². The number of Topliss-reactive ketones (excluding diaryl/α,β-unsaturated/α-hetero) is 2. The van der Waals surface area contributed by atoms with Crippen molar-refractivity contribution in [3.63, 3.8) is 0 Å². The number of ether oxygens (including phenoxy) is 1. The third-order valence-corrected chi connectivity index (χ3v) is 7.96. The van der Waals surface area contributed by atoms with E-state index in [-0.39, 0.29) is 40.4 Å². The summed E-state index contributed by atoms with van der Waals surface area (Å²) in [6.45, 7) is 0. The molecule has 9 heteroatoms. The van der Waals surface area contributed by atoms with E-state index in [1.54, 1.807) is 17.5 Å². The molecule has 0 spiro atoms. The van der Waals surface area contributed by atoms with Crippen LogP contribution in [0.4, 0.5) is 5.69 Å². The average molecular weight is 440 g/mol. The number of benzene rings is 1. The number of halogens is 1. The van der Waals surface area contributed by atoms with Crippen LogP contribution in [0, 0.1) is 0 Å². The first-order valence-electron chi connectivity index (χ1n) is 8.38. The average Bonchev–Trinajstić information content (AvgIpc) is 3.18. The molecule has 148 valence electrons. The summed E-state index contributed by atoms with van der Waals surface area (Å²) in [6, 6.07) is 6.42. The van der Waals surface area contributed by atoms with Crippen LogP contribution in [0.25, 0.3) is 5.76 Å². The molecule has 6 nitrogen and oxygen atoms in total. The van der Waals surface area contributed by atoms with Crippen molar-refractivity contribution in [1.82, 2.24) is 0 Å². The number of aliphatic hydroxyl groups is 1. The number of rotatable bonds is 4. The van der Waals surface area contributed by atoms with Gasteiger partial charge in [0.2, 0.25) is 0 Å². The number of aliphatic hydroxyl groups excluding tert-OH is 1. The monoisotopic (exact) mass is 439 g/mol. The smallest absolute Gasteiger partial charge is 0.170 e. The Balaban J connectivity index is 2.22. The van der Waals surface area contributed by atoms with Gasteiger partial charge >= 0.3 is 0 Å². The summed E-state index contributed by atoms with van der Waals surface area (Å²) in [7, 11) is -1.40. The summed E-state index contributed by atoms with van der Waals surface area (Å²) < 4.78 is 23.2. The highest BCUT2D eigenvalue weighted by Gasteiger charge is 2.29. The highest BCUT2D eigenvalue weighted by Crippen LogP contribution is 2.42. The maximum Gasteiger partial charge on any atom is 0.170 e. The highest BCUT2D eigenvalue weighted by molar-refractivity contribution is 7.95. The molecule has 1 aliphatic rings. The standard InChI is InChI=1S/C19H18ClNO5S2/c1-26-14-9-8-11(19(24)16-12(22)5-3-6-13(16)23)17(20)18(14)21-28(2,25)15-7-4-10-27-15/h4,7-10,24H,3,5-6H2,1-2H3. The molecule has 1 aliphatic carbocycles. The zero-order valence-corrected chi connectivity index (χ0v) is 17.6. The molecule has 0 amide bonds. The van der Waals surface area contributed by atoms with Crippen LogP contribution in [0.3, 0.4) is 0 Å². The van der Waals surface area contributed by atoms with Gasteiger partial charge in [-0.1, -0.05) is 17.7 Å². The molecule has 1 aromatic carbocycles. The lowest BCUT2D eigenvalue weighted by atomic mass is 9.89. The first-order chi connectivity index (χ1) is 13.3. The summed E-state index contributed by atoms with van der Waals surface area (Å²) in [5, 5.41) is 12.4. The molecular weight excluding hydrogens is 422 g/mol. The van der Waals surface area contributed by atoms with E-state index in [4.69, 9.17) is 16.3 Å². The Hall–Kier alpha value is -2.16. The maximum absolute atomic E-state index is 13.1. The molecular formula is C19H18ClNO5S2. The summed E-state index contributed by atoms with van der Waals surface area (Å²) >= 11 is 7.76. The van der Waals surface area contributed by atoms with E-state index in [9.17, 15) is 18.9 Å². The van der Waals surface area contributed by atoms with Gasteiger partial charge in [-0.15, -0.1) is 11.3 Å². The highest BCUT2D eigenvalue weighted by atomic mass is 35.5. The van der Waals surface area contributed by atoms with E-state index in [0.717, 1.165) is 0 Å². The number of thiophene rings is 1. The second kappa shape index (κ2) is 8.06. The van der Waals surface area contributed by atoms with Crippen LogP contribution in [0.5, 0.6) is 5.75 Å². The van der Waals surface area contributed by atoms with Gasteiger partial charge in [-0.2, -0.15) is 4.36 Å². The lowest BCUT2D eigenvalue weighted by molar-refractivity contribution is -0.123. The Morgan fingerprint density at radius 2 is 1.93 bits per heavy atom. The molecule has 1 fully saturated rings. The minimum Gasteiger partial charge on any atom is -0.506 e. The van der Waals surface area contributed by atoms with Crippen LogP contribution < -0.4 is 4.74 Å². The molecule has 0 bridgehead atoms. The molecule has 0 saturated heterocycles. The number of allylic oxidation sites excluding steroid dienone is 1. The van der Waals surface area contributed by atoms with E-state index in [1.165, 1.54) is 36.8 Å². The van der Waals surface area contributed by atoms with Crippen LogP contribution in [-0.4, -0.2) is 34.2 Å². The van der Waals surface area contributed by atoms with Gasteiger partial charge in [0.15, 0.2) is 11.6 Å². The predicted molar refractivity (Wildman–Crippen MR) is 110 cm³/mol. The fourth-order valence-electron chi connectivity index (χ4n) is 2.89. The Bertz CT molecular complexity index is 1080. The van der Waals surface area contributed by atoms with Crippen molar-refractivity contribution >= 4 is 55.7 Å². The summed E-state index contributed by atoms with van der Waals surface area (Å²) in [6.07, 6.45) is 2.33. The van der Waals surface area contributed by atoms with Gasteiger partial charge in [-0.05, 0) is 30.0 Å². The van der Waals surface area contributed by atoms with Crippen molar-refractivity contribution < 1.29 is 23.6 Å². The molecule has 2 aromatic rings. The number of ketones is 2. The third-order valence-electron chi connectivity index (χ3n) is 4.29. The van der Waals surface area contributed by atoms with E-state index in [2.05, 4.69) is 4.36 Å². The van der Waals surface area contributed by atoms with Crippen LogP contribution >= 0.6 is 22.9 Å². The molecule has 0 radical (unpaired) electrons. The summed E-state index contributed by atoms with van der Waals surface area (Å²) in [4.78, 5) is 24.3. The van der Waals surface area contributed by atoms with Crippen LogP contribution in [0.15, 0.2) is 43.8 Å². The lowest BCUT2D eigenvalue weighted by Crippen LogP contribution is -2.20. The zero-order chi connectivity index (χ0) is 20.5. The maximum atomic E-state index is 13.1. The number of carbonyl (C=O) groups excluding carboxylic acids is 2. The van der Waals surface area contributed by atoms with E-state index in [0.29, 0.717) is 10.6 Å². The quantitative estimate of drug-likeness (QED) is 0.420. The number of carbonyl (C=O) groups is 2. The van der Waals surface area contributed by atoms with E-state index >= 15 is 0 Å². The summed E-state index contributed by atoms with van der Waals surface area (Å²) in [5.41, 5.74) is -0.0913. The number of methoxy groups -OCH3 is 1. The van der Waals surface area contributed by atoms with Gasteiger partial charge in [0.25, 0.3) is 0 Å². The minimum absolute atomic E-state index is 0.0401. The van der Waals surface area contributed by atoms with Gasteiger partial charge in [-0.25, -0.2) is 4.21 Å². The van der Waals surface area contributed by atoms with Gasteiger partial charge in [0.1, 0.15) is 22.8 Å². The largest absolute Gasteiger partial charge is 0.506 e. The van der Waals surface area contributed by atoms with Crippen LogP contribution in [-0.2, 0) is 19.3 Å². The van der Waals surface area contributed by atoms with Gasteiger partial charge in [0.05, 0.1) is 26.1 Å². The Morgan fingerprint density at radius 1 is 1.25 bits per heavy atom. The van der Waals surface area contributed by atoms with Gasteiger partial charge in [0, 0.05) is 24.7 Å². The summed E-state index contributed by atoms with van der Waals surface area (Å²) in [5.74, 6) is -1.06. The molecule has 1 saturated carbocycles. The first kappa shape index (κ1) is 20.6. The molecule has 1 heterocycles. The number of hydrogen-bond acceptors (Lipinski definition) is 7. The van der Waals surface area contributed by atoms with Crippen molar-refractivity contribution in [2.45, 2.75) is 23.5 Å². The van der Waals surface area contributed by atoms with Crippen molar-refractivity contribution in [1.29, 1.82) is 0 Å². The molecule has 1 unspecified atom stereocenters. The molecule has 1 atom stereocenters. The molecule has 28 heavy (non-hydrogen) atoms. The minimum atomic E-state index is -2.82. The predicted octanol–water partition coefficient (Wildman–Crippen LogP) is 4.79. The van der Waals surface area contributed by atoms with Crippen molar-refractivity contribution in [2.24, 2.45) is 4.36 Å².